The molecule has 0 radical (unpaired) electrons. The number of benzene rings is 1. The molecular weight excluding hydrogens is 239 g/mol. The van der Waals surface area contributed by atoms with Crippen molar-refractivity contribution in [3.05, 3.63) is 46.2 Å². The van der Waals surface area contributed by atoms with Gasteiger partial charge in [-0.3, -0.25) is 0 Å². The van der Waals surface area contributed by atoms with Crippen LogP contribution in [-0.2, 0) is 13.2 Å². The van der Waals surface area contributed by atoms with E-state index in [1.807, 2.05) is 18.5 Å². The lowest BCUT2D eigenvalue weighted by Crippen LogP contribution is -2.08. The molecule has 1 heterocycles. The molecule has 5 heteroatoms. The van der Waals surface area contributed by atoms with Crippen LogP contribution < -0.4 is 10.1 Å². The fourth-order valence-corrected chi connectivity index (χ4v) is 2.04. The standard InChI is InChI=1S/C12H13FN2OS/c1-14-5-9-3-2-4-11(13)12(9)16-6-10-7-17-8-15-10/h2-4,7-8,14H,5-6H2,1H3. The molecule has 1 aromatic heterocycles. The maximum Gasteiger partial charge on any atom is 0.165 e. The van der Waals surface area contributed by atoms with E-state index in [9.17, 15) is 4.39 Å². The van der Waals surface area contributed by atoms with Gasteiger partial charge in [0.05, 0.1) is 11.2 Å². The zero-order chi connectivity index (χ0) is 12.1. The summed E-state index contributed by atoms with van der Waals surface area (Å²) < 4.78 is 19.1. The first kappa shape index (κ1) is 12.0. The molecule has 3 nitrogen and oxygen atoms in total. The van der Waals surface area contributed by atoms with Crippen LogP contribution in [0.15, 0.2) is 29.1 Å². The Morgan fingerprint density at radius 2 is 2.35 bits per heavy atom. The van der Waals surface area contributed by atoms with Gasteiger partial charge in [-0.2, -0.15) is 0 Å². The molecule has 0 bridgehead atoms. The zero-order valence-electron chi connectivity index (χ0n) is 9.44. The number of rotatable bonds is 5. The van der Waals surface area contributed by atoms with Crippen molar-refractivity contribution in [3.63, 3.8) is 0 Å². The number of aromatic nitrogens is 1. The van der Waals surface area contributed by atoms with Crippen molar-refractivity contribution in [2.24, 2.45) is 0 Å². The van der Waals surface area contributed by atoms with Crippen LogP contribution in [0, 0.1) is 5.82 Å². The van der Waals surface area contributed by atoms with Crippen LogP contribution in [0.5, 0.6) is 5.75 Å². The summed E-state index contributed by atoms with van der Waals surface area (Å²) in [5, 5.41) is 4.87. The Hall–Kier alpha value is -1.46. The van der Waals surface area contributed by atoms with Gasteiger partial charge < -0.3 is 10.1 Å². The van der Waals surface area contributed by atoms with Gasteiger partial charge in [0.25, 0.3) is 0 Å². The number of ether oxygens (including phenoxy) is 1. The highest BCUT2D eigenvalue weighted by molar-refractivity contribution is 7.07. The highest BCUT2D eigenvalue weighted by atomic mass is 32.1. The summed E-state index contributed by atoms with van der Waals surface area (Å²) >= 11 is 1.50. The van der Waals surface area contributed by atoms with E-state index in [1.54, 1.807) is 11.6 Å². The van der Waals surface area contributed by atoms with E-state index in [0.717, 1.165) is 11.3 Å². The van der Waals surface area contributed by atoms with Crippen LogP contribution >= 0.6 is 11.3 Å². The fraction of sp³-hybridized carbons (Fsp3) is 0.250. The highest BCUT2D eigenvalue weighted by Gasteiger charge is 2.09. The number of nitrogens with one attached hydrogen (secondary N) is 1. The van der Waals surface area contributed by atoms with Crippen molar-refractivity contribution in [3.8, 4) is 5.75 Å². The smallest absolute Gasteiger partial charge is 0.165 e. The molecule has 2 aromatic rings. The van der Waals surface area contributed by atoms with E-state index in [4.69, 9.17) is 4.74 Å². The largest absolute Gasteiger partial charge is 0.484 e. The minimum absolute atomic E-state index is 0.293. The van der Waals surface area contributed by atoms with Crippen LogP contribution in [0.2, 0.25) is 0 Å². The molecule has 0 spiro atoms. The lowest BCUT2D eigenvalue weighted by molar-refractivity contribution is 0.283. The zero-order valence-corrected chi connectivity index (χ0v) is 10.3. The average Bonchev–Trinajstić information content (AvgIpc) is 2.82. The lowest BCUT2D eigenvalue weighted by Gasteiger charge is -2.11. The van der Waals surface area contributed by atoms with E-state index in [1.165, 1.54) is 17.4 Å². The summed E-state index contributed by atoms with van der Waals surface area (Å²) in [6.45, 7) is 0.866. The lowest BCUT2D eigenvalue weighted by atomic mass is 10.2. The van der Waals surface area contributed by atoms with Gasteiger partial charge in [-0.15, -0.1) is 11.3 Å². The summed E-state index contributed by atoms with van der Waals surface area (Å²) in [6, 6.07) is 4.92. The van der Waals surface area contributed by atoms with Gasteiger partial charge in [-0.05, 0) is 13.1 Å². The molecule has 0 saturated carbocycles. The van der Waals surface area contributed by atoms with Gasteiger partial charge in [0.2, 0.25) is 0 Å². The Labute approximate surface area is 103 Å². The van der Waals surface area contributed by atoms with Crippen LogP contribution in [0.4, 0.5) is 4.39 Å². The quantitative estimate of drug-likeness (QED) is 0.888. The Morgan fingerprint density at radius 3 is 3.06 bits per heavy atom. The second-order valence-electron chi connectivity index (χ2n) is 3.53. The van der Waals surface area contributed by atoms with E-state index in [0.29, 0.717) is 18.9 Å². The van der Waals surface area contributed by atoms with Crippen molar-refractivity contribution in [1.29, 1.82) is 0 Å². The normalized spacial score (nSPS) is 10.5. The topological polar surface area (TPSA) is 34.1 Å². The molecule has 0 atom stereocenters. The molecule has 90 valence electrons. The van der Waals surface area contributed by atoms with E-state index < -0.39 is 0 Å². The second kappa shape index (κ2) is 5.75. The van der Waals surface area contributed by atoms with Crippen LogP contribution in [0.1, 0.15) is 11.3 Å². The SMILES string of the molecule is CNCc1cccc(F)c1OCc1cscn1. The summed E-state index contributed by atoms with van der Waals surface area (Å²) in [5.74, 6) is -0.0390. The summed E-state index contributed by atoms with van der Waals surface area (Å²) in [6.07, 6.45) is 0. The van der Waals surface area contributed by atoms with Crippen LogP contribution in [-0.4, -0.2) is 12.0 Å². The first-order valence-corrected chi connectivity index (χ1v) is 6.17. The maximum atomic E-state index is 13.6. The van der Waals surface area contributed by atoms with Crippen molar-refractivity contribution >= 4 is 11.3 Å². The summed E-state index contributed by atoms with van der Waals surface area (Å²) in [5.41, 5.74) is 3.35. The number of halogens is 1. The number of nitrogens with zero attached hydrogens (tertiary/aromatic N) is 1. The molecular formula is C12H13FN2OS. The maximum absolute atomic E-state index is 13.6. The van der Waals surface area contributed by atoms with E-state index in [2.05, 4.69) is 10.3 Å². The highest BCUT2D eigenvalue weighted by Crippen LogP contribution is 2.23. The second-order valence-corrected chi connectivity index (χ2v) is 4.25. The molecule has 0 aliphatic rings. The summed E-state index contributed by atoms with van der Waals surface area (Å²) in [7, 11) is 1.81. The minimum Gasteiger partial charge on any atom is -0.484 e. The molecule has 1 N–H and O–H groups in total. The molecule has 1 aromatic carbocycles. The van der Waals surface area contributed by atoms with Gasteiger partial charge in [0.1, 0.15) is 6.61 Å². The van der Waals surface area contributed by atoms with E-state index >= 15 is 0 Å². The van der Waals surface area contributed by atoms with E-state index in [-0.39, 0.29) is 5.82 Å². The van der Waals surface area contributed by atoms with Gasteiger partial charge in [-0.1, -0.05) is 12.1 Å². The van der Waals surface area contributed by atoms with Crippen molar-refractivity contribution in [1.82, 2.24) is 10.3 Å². The predicted molar refractivity (Wildman–Crippen MR) is 65.6 cm³/mol. The molecule has 17 heavy (non-hydrogen) atoms. The van der Waals surface area contributed by atoms with Crippen LogP contribution in [0.3, 0.4) is 0 Å². The number of thiazole rings is 1. The predicted octanol–water partition coefficient (Wildman–Crippen LogP) is 2.58. The van der Waals surface area contributed by atoms with Crippen molar-refractivity contribution in [2.75, 3.05) is 7.05 Å². The molecule has 0 fully saturated rings. The molecule has 0 aliphatic heterocycles. The first-order valence-electron chi connectivity index (χ1n) is 5.23. The molecule has 0 aliphatic carbocycles. The average molecular weight is 252 g/mol. The Morgan fingerprint density at radius 1 is 1.47 bits per heavy atom. The van der Waals surface area contributed by atoms with Crippen LogP contribution in [0.25, 0.3) is 0 Å². The third-order valence-corrected chi connectivity index (χ3v) is 2.90. The van der Waals surface area contributed by atoms with Crippen molar-refractivity contribution in [2.45, 2.75) is 13.2 Å². The van der Waals surface area contributed by atoms with Gasteiger partial charge >= 0.3 is 0 Å². The monoisotopic (exact) mass is 252 g/mol. The van der Waals surface area contributed by atoms with Gasteiger partial charge in [-0.25, -0.2) is 9.37 Å². The van der Waals surface area contributed by atoms with Crippen molar-refractivity contribution < 1.29 is 9.13 Å². The fourth-order valence-electron chi connectivity index (χ4n) is 1.50. The van der Waals surface area contributed by atoms with Gasteiger partial charge in [0, 0.05) is 17.5 Å². The van der Waals surface area contributed by atoms with Gasteiger partial charge in [0.15, 0.2) is 11.6 Å². The Kier molecular flexibility index (Phi) is 4.06. The molecule has 0 amide bonds. The molecule has 2 rings (SSSR count). The minimum atomic E-state index is -0.340. The third kappa shape index (κ3) is 3.01. The number of hydrogen-bond donors (Lipinski definition) is 1. The number of para-hydroxylation sites is 1. The Balaban J connectivity index is 2.13. The third-order valence-electron chi connectivity index (χ3n) is 2.26. The number of hydrogen-bond acceptors (Lipinski definition) is 4. The Bertz CT molecular complexity index is 473. The first-order chi connectivity index (χ1) is 8.31. The molecule has 0 saturated heterocycles. The molecule has 0 unspecified atom stereocenters. The summed E-state index contributed by atoms with van der Waals surface area (Å²) in [4.78, 5) is 4.09.